The molecule has 0 aliphatic rings. The highest BCUT2D eigenvalue weighted by Gasteiger charge is 2.12. The normalized spacial score (nSPS) is 9.69. The molecule has 86 valence electrons. The van der Waals surface area contributed by atoms with Crippen molar-refractivity contribution in [2.45, 2.75) is 6.92 Å². The van der Waals surface area contributed by atoms with E-state index in [1.54, 1.807) is 12.1 Å². The second kappa shape index (κ2) is 5.51. The van der Waals surface area contributed by atoms with Crippen LogP contribution in [-0.2, 0) is 4.79 Å². The number of nitrogens with one attached hydrogen (secondary N) is 1. The van der Waals surface area contributed by atoms with Crippen molar-refractivity contribution in [3.63, 3.8) is 0 Å². The molecule has 1 aromatic carbocycles. The Morgan fingerprint density at radius 2 is 2.12 bits per heavy atom. The van der Waals surface area contributed by atoms with Crippen LogP contribution in [0.5, 0.6) is 5.75 Å². The highest BCUT2D eigenvalue weighted by molar-refractivity contribution is 6.31. The Hall–Kier alpha value is -1.55. The Morgan fingerprint density at radius 3 is 2.69 bits per heavy atom. The van der Waals surface area contributed by atoms with E-state index in [0.29, 0.717) is 16.3 Å². The van der Waals surface area contributed by atoms with E-state index in [1.807, 2.05) is 0 Å². The summed E-state index contributed by atoms with van der Waals surface area (Å²) in [6.45, 7) is 1.29. The van der Waals surface area contributed by atoms with Gasteiger partial charge >= 0.3 is 0 Å². The summed E-state index contributed by atoms with van der Waals surface area (Å²) < 4.78 is 5.04. The van der Waals surface area contributed by atoms with Gasteiger partial charge in [0.25, 0.3) is 0 Å². The molecule has 0 unspecified atom stereocenters. The molecule has 1 aromatic rings. The zero-order chi connectivity index (χ0) is 12.1. The number of rotatable bonds is 4. The molecule has 5 heteroatoms. The number of ether oxygens (including phenoxy) is 1. The lowest BCUT2D eigenvalue weighted by molar-refractivity contribution is -0.118. The Morgan fingerprint density at radius 1 is 1.44 bits per heavy atom. The monoisotopic (exact) mass is 241 g/mol. The van der Waals surface area contributed by atoms with Crippen LogP contribution in [0.1, 0.15) is 17.3 Å². The van der Waals surface area contributed by atoms with Gasteiger partial charge in [0.15, 0.2) is 5.78 Å². The van der Waals surface area contributed by atoms with Gasteiger partial charge < -0.3 is 10.1 Å². The maximum absolute atomic E-state index is 11.7. The summed E-state index contributed by atoms with van der Waals surface area (Å²) in [5.41, 5.74) is 0.365. The minimum atomic E-state index is -0.255. The fourth-order valence-electron chi connectivity index (χ4n) is 1.20. The van der Waals surface area contributed by atoms with Crippen LogP contribution in [0.3, 0.4) is 0 Å². The van der Waals surface area contributed by atoms with Crippen molar-refractivity contribution in [2.75, 3.05) is 13.7 Å². The smallest absolute Gasteiger partial charge is 0.217 e. The van der Waals surface area contributed by atoms with Crippen LogP contribution in [-0.4, -0.2) is 25.3 Å². The molecular weight excluding hydrogens is 230 g/mol. The quantitative estimate of drug-likeness (QED) is 0.816. The number of benzene rings is 1. The van der Waals surface area contributed by atoms with Crippen LogP contribution in [0.25, 0.3) is 0 Å². The second-order valence-electron chi connectivity index (χ2n) is 3.18. The molecule has 0 atom stereocenters. The molecule has 0 spiro atoms. The van der Waals surface area contributed by atoms with Crippen molar-refractivity contribution >= 4 is 23.3 Å². The maximum atomic E-state index is 11.7. The van der Waals surface area contributed by atoms with Gasteiger partial charge in [0.05, 0.1) is 19.2 Å². The maximum Gasteiger partial charge on any atom is 0.217 e. The molecule has 0 radical (unpaired) electrons. The van der Waals surface area contributed by atoms with E-state index in [4.69, 9.17) is 16.3 Å². The molecule has 0 aromatic heterocycles. The summed E-state index contributed by atoms with van der Waals surface area (Å²) in [7, 11) is 1.47. The van der Waals surface area contributed by atoms with Gasteiger partial charge in [0.2, 0.25) is 5.91 Å². The number of carbonyl (C=O) groups is 2. The van der Waals surface area contributed by atoms with E-state index in [9.17, 15) is 9.59 Å². The first-order chi connectivity index (χ1) is 7.54. The predicted molar refractivity (Wildman–Crippen MR) is 61.0 cm³/mol. The van der Waals surface area contributed by atoms with Gasteiger partial charge in [-0.1, -0.05) is 11.6 Å². The van der Waals surface area contributed by atoms with Gasteiger partial charge in [-0.15, -0.1) is 0 Å². The fraction of sp³-hybridized carbons (Fsp3) is 0.273. The second-order valence-corrected chi connectivity index (χ2v) is 3.61. The average Bonchev–Trinajstić information content (AvgIpc) is 2.25. The number of methoxy groups -OCH3 is 1. The molecule has 16 heavy (non-hydrogen) atoms. The van der Waals surface area contributed by atoms with E-state index >= 15 is 0 Å². The van der Waals surface area contributed by atoms with Gasteiger partial charge in [-0.25, -0.2) is 0 Å². The lowest BCUT2D eigenvalue weighted by atomic mass is 10.1. The molecule has 1 rings (SSSR count). The molecule has 0 aliphatic carbocycles. The number of hydrogen-bond acceptors (Lipinski definition) is 3. The summed E-state index contributed by atoms with van der Waals surface area (Å²) in [5, 5.41) is 2.88. The predicted octanol–water partition coefficient (Wildman–Crippen LogP) is 1.67. The summed E-state index contributed by atoms with van der Waals surface area (Å²) in [6, 6.07) is 4.77. The van der Waals surface area contributed by atoms with E-state index in [2.05, 4.69) is 5.32 Å². The number of amides is 1. The fourth-order valence-corrected chi connectivity index (χ4v) is 1.37. The van der Waals surface area contributed by atoms with Crippen LogP contribution >= 0.6 is 11.6 Å². The van der Waals surface area contributed by atoms with E-state index in [-0.39, 0.29) is 18.2 Å². The van der Waals surface area contributed by atoms with E-state index in [0.717, 1.165) is 0 Å². The molecular formula is C11H12ClNO3. The van der Waals surface area contributed by atoms with Crippen LogP contribution in [0.15, 0.2) is 18.2 Å². The molecule has 0 aliphatic heterocycles. The van der Waals surface area contributed by atoms with Crippen molar-refractivity contribution in [3.8, 4) is 5.75 Å². The average molecular weight is 242 g/mol. The highest BCUT2D eigenvalue weighted by atomic mass is 35.5. The standard InChI is InChI=1S/C11H12ClNO3/c1-7(14)13-6-10(15)9-5-8(12)3-4-11(9)16-2/h3-5H,6H2,1-2H3,(H,13,14). The Labute approximate surface area is 98.5 Å². The van der Waals surface area contributed by atoms with Gasteiger partial charge in [-0.2, -0.15) is 0 Å². The van der Waals surface area contributed by atoms with Crippen LogP contribution in [0, 0.1) is 0 Å². The summed E-state index contributed by atoms with van der Waals surface area (Å²) in [6.07, 6.45) is 0. The van der Waals surface area contributed by atoms with Gasteiger partial charge in [0.1, 0.15) is 5.75 Å². The van der Waals surface area contributed by atoms with Crippen molar-refractivity contribution in [3.05, 3.63) is 28.8 Å². The molecule has 4 nitrogen and oxygen atoms in total. The molecule has 0 saturated carbocycles. The molecule has 1 amide bonds. The molecule has 0 bridgehead atoms. The Kier molecular flexibility index (Phi) is 4.31. The van der Waals surface area contributed by atoms with Crippen molar-refractivity contribution in [2.24, 2.45) is 0 Å². The number of halogens is 1. The molecule has 0 heterocycles. The minimum absolute atomic E-state index is 0.0635. The third-order valence-corrected chi connectivity index (χ3v) is 2.19. The van der Waals surface area contributed by atoms with Crippen molar-refractivity contribution in [1.29, 1.82) is 0 Å². The third-order valence-electron chi connectivity index (χ3n) is 1.96. The molecule has 0 saturated heterocycles. The van der Waals surface area contributed by atoms with Gasteiger partial charge in [-0.3, -0.25) is 9.59 Å². The van der Waals surface area contributed by atoms with E-state index in [1.165, 1.54) is 20.1 Å². The summed E-state index contributed by atoms with van der Waals surface area (Å²) in [4.78, 5) is 22.4. The highest BCUT2D eigenvalue weighted by Crippen LogP contribution is 2.22. The number of carbonyl (C=O) groups excluding carboxylic acids is 2. The van der Waals surface area contributed by atoms with Crippen molar-refractivity contribution < 1.29 is 14.3 Å². The van der Waals surface area contributed by atoms with Crippen LogP contribution < -0.4 is 10.1 Å². The summed E-state index contributed by atoms with van der Waals surface area (Å²) >= 11 is 5.79. The lowest BCUT2D eigenvalue weighted by Gasteiger charge is -2.08. The number of hydrogen-bond donors (Lipinski definition) is 1. The third kappa shape index (κ3) is 3.24. The zero-order valence-corrected chi connectivity index (χ0v) is 9.80. The van der Waals surface area contributed by atoms with Crippen LogP contribution in [0.4, 0.5) is 0 Å². The molecule has 0 fully saturated rings. The number of ketones is 1. The van der Waals surface area contributed by atoms with Crippen LogP contribution in [0.2, 0.25) is 5.02 Å². The topological polar surface area (TPSA) is 55.4 Å². The van der Waals surface area contributed by atoms with Gasteiger partial charge in [-0.05, 0) is 18.2 Å². The number of Topliss-reactive ketones (excluding diaryl/α,β-unsaturated/α-hetero) is 1. The lowest BCUT2D eigenvalue weighted by Crippen LogP contribution is -2.27. The Balaban J connectivity index is 2.88. The minimum Gasteiger partial charge on any atom is -0.496 e. The zero-order valence-electron chi connectivity index (χ0n) is 9.04. The summed E-state index contributed by atoms with van der Waals surface area (Å²) in [5.74, 6) is -0.0522. The Bertz CT molecular complexity index is 418. The molecule has 1 N–H and O–H groups in total. The largest absolute Gasteiger partial charge is 0.496 e. The van der Waals surface area contributed by atoms with Gasteiger partial charge in [0, 0.05) is 11.9 Å². The van der Waals surface area contributed by atoms with Crippen molar-refractivity contribution in [1.82, 2.24) is 5.32 Å². The first kappa shape index (κ1) is 12.5. The first-order valence-electron chi connectivity index (χ1n) is 4.65. The van der Waals surface area contributed by atoms with E-state index < -0.39 is 0 Å². The SMILES string of the molecule is COc1ccc(Cl)cc1C(=O)CNC(C)=O. The first-order valence-corrected chi connectivity index (χ1v) is 5.03.